The van der Waals surface area contributed by atoms with Crippen molar-refractivity contribution in [3.05, 3.63) is 48.2 Å². The van der Waals surface area contributed by atoms with Crippen molar-refractivity contribution < 1.29 is 14.3 Å². The largest absolute Gasteiger partial charge is 0.361 e. The zero-order valence-electron chi connectivity index (χ0n) is 17.4. The number of ether oxygens (including phenoxy) is 1. The molecule has 1 spiro atoms. The Morgan fingerprint density at radius 1 is 1.33 bits per heavy atom. The van der Waals surface area contributed by atoms with Gasteiger partial charge in [0, 0.05) is 30.2 Å². The highest BCUT2D eigenvalue weighted by molar-refractivity contribution is 5.93. The van der Waals surface area contributed by atoms with Gasteiger partial charge in [-0.2, -0.15) is 0 Å². The first-order chi connectivity index (χ1) is 14.6. The Morgan fingerprint density at radius 3 is 3.07 bits per heavy atom. The third kappa shape index (κ3) is 3.05. The van der Waals surface area contributed by atoms with E-state index in [0.29, 0.717) is 19.6 Å². The molecule has 2 amide bonds. The molecule has 0 radical (unpaired) electrons. The van der Waals surface area contributed by atoms with Gasteiger partial charge in [0.05, 0.1) is 24.5 Å². The summed E-state index contributed by atoms with van der Waals surface area (Å²) >= 11 is 0. The van der Waals surface area contributed by atoms with E-state index >= 15 is 0 Å². The Hall–Kier alpha value is -2.60. The molecular formula is C24H29N3O3. The minimum absolute atomic E-state index is 0.0424. The maximum atomic E-state index is 13.3. The number of H-pyrrole nitrogens is 1. The van der Waals surface area contributed by atoms with Crippen molar-refractivity contribution in [3.8, 4) is 0 Å². The van der Waals surface area contributed by atoms with Crippen LogP contribution in [-0.4, -0.2) is 53.0 Å². The van der Waals surface area contributed by atoms with Gasteiger partial charge in [-0.25, -0.2) is 0 Å². The third-order valence-corrected chi connectivity index (χ3v) is 6.89. The lowest BCUT2D eigenvalue weighted by Gasteiger charge is -2.23. The molecule has 1 aromatic carbocycles. The minimum atomic E-state index is -0.632. The lowest BCUT2D eigenvalue weighted by Crippen LogP contribution is -2.44. The van der Waals surface area contributed by atoms with Gasteiger partial charge >= 0.3 is 0 Å². The minimum Gasteiger partial charge on any atom is -0.361 e. The van der Waals surface area contributed by atoms with E-state index < -0.39 is 17.4 Å². The normalized spacial score (nSPS) is 29.2. The lowest BCUT2D eigenvalue weighted by molar-refractivity contribution is -0.137. The standard InChI is InChI=1S/C24H29N3O3/c1-2-3-6-12-25-22(28)20-19-9-11-24(30-19)15-27(23(29)21(20)24)13-10-16-14-26-18-8-5-4-7-17(16)18/h4-5,7-9,11,14,19-21,26H,2-3,6,10,12-13,15H2,1H3,(H,25,28)/t19-,20+,21+,24+/m1/s1. The van der Waals surface area contributed by atoms with Gasteiger partial charge in [-0.05, 0) is 24.5 Å². The Kier molecular flexibility index (Phi) is 4.89. The maximum Gasteiger partial charge on any atom is 0.230 e. The van der Waals surface area contributed by atoms with E-state index in [1.807, 2.05) is 35.4 Å². The number of fused-ring (bicyclic) bond motifs is 2. The Bertz CT molecular complexity index is 996. The molecule has 30 heavy (non-hydrogen) atoms. The van der Waals surface area contributed by atoms with E-state index in [0.717, 1.165) is 31.2 Å². The number of hydrogen-bond donors (Lipinski definition) is 2. The van der Waals surface area contributed by atoms with Crippen LogP contribution in [0.4, 0.5) is 0 Å². The van der Waals surface area contributed by atoms with Crippen LogP contribution in [-0.2, 0) is 20.7 Å². The molecule has 1 aromatic heterocycles. The van der Waals surface area contributed by atoms with Crippen LogP contribution in [0.1, 0.15) is 31.7 Å². The highest BCUT2D eigenvalue weighted by Crippen LogP contribution is 2.51. The SMILES string of the molecule is CCCCCNC(=O)[C@@H]1[C@H]2C(=O)N(CCc3c[nH]c4ccccc34)C[C@@]23C=C[C@H]1O3. The topological polar surface area (TPSA) is 74.4 Å². The first-order valence-corrected chi connectivity index (χ1v) is 11.1. The molecule has 3 aliphatic rings. The van der Waals surface area contributed by atoms with Gasteiger partial charge in [0.2, 0.25) is 11.8 Å². The van der Waals surface area contributed by atoms with Gasteiger partial charge in [0.15, 0.2) is 0 Å². The summed E-state index contributed by atoms with van der Waals surface area (Å²) in [7, 11) is 0. The van der Waals surface area contributed by atoms with Gasteiger partial charge in [-0.1, -0.05) is 50.1 Å². The predicted octanol–water partition coefficient (Wildman–Crippen LogP) is 2.80. The molecule has 0 aliphatic carbocycles. The smallest absolute Gasteiger partial charge is 0.230 e. The molecule has 4 atom stereocenters. The van der Waals surface area contributed by atoms with Crippen LogP contribution in [0.2, 0.25) is 0 Å². The number of nitrogens with zero attached hydrogens (tertiary/aromatic N) is 1. The van der Waals surface area contributed by atoms with Gasteiger partial charge in [-0.3, -0.25) is 9.59 Å². The second-order valence-corrected chi connectivity index (χ2v) is 8.77. The summed E-state index contributed by atoms with van der Waals surface area (Å²) in [6.45, 7) is 3.97. The van der Waals surface area contributed by atoms with Crippen molar-refractivity contribution in [1.82, 2.24) is 15.2 Å². The van der Waals surface area contributed by atoms with E-state index in [-0.39, 0.29) is 17.9 Å². The summed E-state index contributed by atoms with van der Waals surface area (Å²) in [5.41, 5.74) is 1.69. The van der Waals surface area contributed by atoms with Gasteiger partial charge in [-0.15, -0.1) is 0 Å². The molecule has 5 rings (SSSR count). The number of carbonyl (C=O) groups is 2. The molecule has 0 unspecified atom stereocenters. The van der Waals surface area contributed by atoms with E-state index in [4.69, 9.17) is 4.74 Å². The molecule has 2 fully saturated rings. The maximum absolute atomic E-state index is 13.3. The number of amides is 2. The van der Waals surface area contributed by atoms with E-state index in [2.05, 4.69) is 29.4 Å². The van der Waals surface area contributed by atoms with Crippen LogP contribution in [0.25, 0.3) is 10.9 Å². The van der Waals surface area contributed by atoms with Crippen molar-refractivity contribution in [2.24, 2.45) is 11.8 Å². The molecule has 4 heterocycles. The fraction of sp³-hybridized carbons (Fsp3) is 0.500. The van der Waals surface area contributed by atoms with E-state index in [1.54, 1.807) is 0 Å². The number of rotatable bonds is 8. The zero-order valence-corrected chi connectivity index (χ0v) is 17.4. The second-order valence-electron chi connectivity index (χ2n) is 8.77. The van der Waals surface area contributed by atoms with Gasteiger partial charge in [0.25, 0.3) is 0 Å². The number of hydrogen-bond acceptors (Lipinski definition) is 3. The van der Waals surface area contributed by atoms with Crippen molar-refractivity contribution in [3.63, 3.8) is 0 Å². The molecule has 2 saturated heterocycles. The number of likely N-dealkylation sites (tertiary alicyclic amines) is 1. The first kappa shape index (κ1) is 19.4. The van der Waals surface area contributed by atoms with E-state index in [9.17, 15) is 9.59 Å². The van der Waals surface area contributed by atoms with Crippen molar-refractivity contribution in [2.75, 3.05) is 19.6 Å². The van der Waals surface area contributed by atoms with Crippen molar-refractivity contribution in [2.45, 2.75) is 44.3 Å². The number of aromatic nitrogens is 1. The average molecular weight is 408 g/mol. The van der Waals surface area contributed by atoms with Gasteiger partial charge < -0.3 is 19.9 Å². The molecule has 2 bridgehead atoms. The zero-order chi connectivity index (χ0) is 20.7. The predicted molar refractivity (Wildman–Crippen MR) is 115 cm³/mol. The molecule has 6 nitrogen and oxygen atoms in total. The Labute approximate surface area is 176 Å². The number of aromatic amines is 1. The Morgan fingerprint density at radius 2 is 2.20 bits per heavy atom. The van der Waals surface area contributed by atoms with Crippen molar-refractivity contribution >= 4 is 22.7 Å². The molecule has 6 heteroatoms. The van der Waals surface area contributed by atoms with Crippen molar-refractivity contribution in [1.29, 1.82) is 0 Å². The number of benzene rings is 1. The fourth-order valence-electron chi connectivity index (χ4n) is 5.37. The number of unbranched alkanes of at least 4 members (excludes halogenated alkanes) is 2. The summed E-state index contributed by atoms with van der Waals surface area (Å²) in [6.07, 6.45) is 9.70. The quantitative estimate of drug-likeness (QED) is 0.522. The molecular weight excluding hydrogens is 378 g/mol. The van der Waals surface area contributed by atoms with Crippen LogP contribution in [0.5, 0.6) is 0 Å². The number of para-hydroxylation sites is 1. The first-order valence-electron chi connectivity index (χ1n) is 11.1. The molecule has 0 saturated carbocycles. The highest BCUT2D eigenvalue weighted by Gasteiger charge is 2.66. The van der Waals surface area contributed by atoms with Crippen LogP contribution < -0.4 is 5.32 Å². The fourth-order valence-corrected chi connectivity index (χ4v) is 5.37. The summed E-state index contributed by atoms with van der Waals surface area (Å²) in [6, 6.07) is 8.21. The molecule has 158 valence electrons. The lowest BCUT2D eigenvalue weighted by atomic mass is 9.77. The number of carbonyl (C=O) groups excluding carboxylic acids is 2. The van der Waals surface area contributed by atoms with E-state index in [1.165, 1.54) is 10.9 Å². The van der Waals surface area contributed by atoms with Gasteiger partial charge in [0.1, 0.15) is 5.60 Å². The van der Waals surface area contributed by atoms with Crippen LogP contribution in [0.15, 0.2) is 42.6 Å². The summed E-state index contributed by atoms with van der Waals surface area (Å²) in [4.78, 5) is 31.4. The van der Waals surface area contributed by atoms with Crippen LogP contribution in [0.3, 0.4) is 0 Å². The highest BCUT2D eigenvalue weighted by atomic mass is 16.5. The summed E-state index contributed by atoms with van der Waals surface area (Å²) in [5, 5.41) is 4.23. The van der Waals surface area contributed by atoms with Crippen LogP contribution >= 0.6 is 0 Å². The summed E-state index contributed by atoms with van der Waals surface area (Å²) < 4.78 is 6.21. The Balaban J connectivity index is 1.27. The second kappa shape index (κ2) is 7.58. The average Bonchev–Trinajstić information content (AvgIpc) is 3.49. The third-order valence-electron chi connectivity index (χ3n) is 6.89. The van der Waals surface area contributed by atoms with Crippen LogP contribution in [0, 0.1) is 11.8 Å². The molecule has 2 aromatic rings. The molecule has 2 N–H and O–H groups in total. The molecule has 3 aliphatic heterocycles. The monoisotopic (exact) mass is 407 g/mol. The summed E-state index contributed by atoms with van der Waals surface area (Å²) in [5.74, 6) is -0.807. The number of nitrogens with one attached hydrogen (secondary N) is 2.